The smallest absolute Gasteiger partial charge is 0.265 e. The van der Waals surface area contributed by atoms with Crippen LogP contribution in [0, 0.1) is 0 Å². The summed E-state index contributed by atoms with van der Waals surface area (Å²) in [4.78, 5) is 25.9. The molecule has 0 unspecified atom stereocenters. The predicted molar refractivity (Wildman–Crippen MR) is 105 cm³/mol. The second-order valence-electron chi connectivity index (χ2n) is 6.48. The van der Waals surface area contributed by atoms with E-state index in [0.717, 1.165) is 37.7 Å². The fourth-order valence-electron chi connectivity index (χ4n) is 2.85. The van der Waals surface area contributed by atoms with Crippen LogP contribution in [0.1, 0.15) is 24.2 Å². The lowest BCUT2D eigenvalue weighted by Gasteiger charge is -2.29. The maximum absolute atomic E-state index is 12.4. The van der Waals surface area contributed by atoms with Gasteiger partial charge in [0.05, 0.1) is 13.2 Å². The third-order valence-corrected chi connectivity index (χ3v) is 4.45. The number of carbonyl (C=O) groups is 2. The molecule has 2 aromatic rings. The first-order chi connectivity index (χ1) is 13.0. The summed E-state index contributed by atoms with van der Waals surface area (Å²) in [7, 11) is 0. The molecule has 0 spiro atoms. The SMILES string of the molecule is CC(=O)c1ccc(O[C@@H](C)C(=O)Nc2ccc(N3CCOCC3)cc2)cc1. The minimum Gasteiger partial charge on any atom is -0.481 e. The molecular formula is C21H24N2O4. The number of amides is 1. The summed E-state index contributed by atoms with van der Waals surface area (Å²) in [5.41, 5.74) is 2.45. The van der Waals surface area contributed by atoms with Crippen molar-refractivity contribution in [2.45, 2.75) is 20.0 Å². The van der Waals surface area contributed by atoms with Crippen LogP contribution in [0.25, 0.3) is 0 Å². The van der Waals surface area contributed by atoms with E-state index < -0.39 is 6.10 Å². The molecule has 3 rings (SSSR count). The van der Waals surface area contributed by atoms with Crippen LogP contribution in [-0.4, -0.2) is 44.1 Å². The highest BCUT2D eigenvalue weighted by Crippen LogP contribution is 2.20. The number of ether oxygens (including phenoxy) is 2. The van der Waals surface area contributed by atoms with Gasteiger partial charge in [-0.3, -0.25) is 9.59 Å². The van der Waals surface area contributed by atoms with Crippen molar-refractivity contribution in [1.29, 1.82) is 0 Å². The summed E-state index contributed by atoms with van der Waals surface area (Å²) in [6, 6.07) is 14.5. The number of benzene rings is 2. The van der Waals surface area contributed by atoms with E-state index >= 15 is 0 Å². The topological polar surface area (TPSA) is 67.9 Å². The molecule has 1 amide bonds. The van der Waals surface area contributed by atoms with Gasteiger partial charge in [0.25, 0.3) is 5.91 Å². The number of carbonyl (C=O) groups excluding carboxylic acids is 2. The molecule has 1 aliphatic rings. The monoisotopic (exact) mass is 368 g/mol. The van der Waals surface area contributed by atoms with Crippen LogP contribution in [0.15, 0.2) is 48.5 Å². The number of Topliss-reactive ketones (excluding diaryl/α,β-unsaturated/α-hetero) is 1. The van der Waals surface area contributed by atoms with Crippen LogP contribution >= 0.6 is 0 Å². The van der Waals surface area contributed by atoms with Crippen molar-refractivity contribution in [3.05, 3.63) is 54.1 Å². The molecule has 27 heavy (non-hydrogen) atoms. The van der Waals surface area contributed by atoms with Gasteiger partial charge >= 0.3 is 0 Å². The van der Waals surface area contributed by atoms with Gasteiger partial charge in [0.15, 0.2) is 11.9 Å². The summed E-state index contributed by atoms with van der Waals surface area (Å²) in [6.45, 7) is 6.42. The van der Waals surface area contributed by atoms with Gasteiger partial charge in [-0.05, 0) is 62.4 Å². The van der Waals surface area contributed by atoms with Crippen molar-refractivity contribution < 1.29 is 19.1 Å². The Morgan fingerprint density at radius 2 is 1.67 bits per heavy atom. The lowest BCUT2D eigenvalue weighted by atomic mass is 10.1. The lowest BCUT2D eigenvalue weighted by Crippen LogP contribution is -2.36. The van der Waals surface area contributed by atoms with Crippen LogP contribution in [0.3, 0.4) is 0 Å². The first kappa shape index (κ1) is 18.9. The Kier molecular flexibility index (Phi) is 6.08. The van der Waals surface area contributed by atoms with Crippen molar-refractivity contribution >= 4 is 23.1 Å². The molecule has 6 nitrogen and oxygen atoms in total. The van der Waals surface area contributed by atoms with Gasteiger partial charge < -0.3 is 19.7 Å². The number of nitrogens with one attached hydrogen (secondary N) is 1. The molecule has 1 N–H and O–H groups in total. The first-order valence-electron chi connectivity index (χ1n) is 9.04. The average molecular weight is 368 g/mol. The maximum Gasteiger partial charge on any atom is 0.265 e. The summed E-state index contributed by atoms with van der Waals surface area (Å²) in [6.07, 6.45) is -0.660. The molecule has 0 bridgehead atoms. The van der Waals surface area contributed by atoms with Crippen LogP contribution < -0.4 is 15.0 Å². The summed E-state index contributed by atoms with van der Waals surface area (Å²) >= 11 is 0. The third kappa shape index (κ3) is 5.08. The third-order valence-electron chi connectivity index (χ3n) is 4.45. The minimum absolute atomic E-state index is 0.00660. The molecule has 1 atom stereocenters. The van der Waals surface area contributed by atoms with Gasteiger partial charge in [0.1, 0.15) is 5.75 Å². The van der Waals surface area contributed by atoms with E-state index in [1.165, 1.54) is 6.92 Å². The second kappa shape index (κ2) is 8.68. The van der Waals surface area contributed by atoms with Gasteiger partial charge in [-0.1, -0.05) is 0 Å². The molecule has 1 aliphatic heterocycles. The summed E-state index contributed by atoms with van der Waals surface area (Å²) in [5, 5.41) is 2.86. The normalized spacial score (nSPS) is 15.1. The fraction of sp³-hybridized carbons (Fsp3) is 0.333. The molecule has 0 aromatic heterocycles. The van der Waals surface area contributed by atoms with Crippen molar-refractivity contribution in [3.63, 3.8) is 0 Å². The van der Waals surface area contributed by atoms with Crippen LogP contribution in [0.2, 0.25) is 0 Å². The van der Waals surface area contributed by atoms with Gasteiger partial charge in [0.2, 0.25) is 0 Å². The van der Waals surface area contributed by atoms with E-state index in [9.17, 15) is 9.59 Å². The highest BCUT2D eigenvalue weighted by Gasteiger charge is 2.16. The van der Waals surface area contributed by atoms with Gasteiger partial charge in [0, 0.05) is 30.0 Å². The zero-order valence-corrected chi connectivity index (χ0v) is 15.6. The molecular weight excluding hydrogens is 344 g/mol. The largest absolute Gasteiger partial charge is 0.481 e. The van der Waals surface area contributed by atoms with Crippen molar-refractivity contribution in [2.24, 2.45) is 0 Å². The zero-order chi connectivity index (χ0) is 19.2. The number of hydrogen-bond donors (Lipinski definition) is 1. The summed E-state index contributed by atoms with van der Waals surface area (Å²) < 4.78 is 11.0. The van der Waals surface area contributed by atoms with Crippen molar-refractivity contribution in [2.75, 3.05) is 36.5 Å². The van der Waals surface area contributed by atoms with E-state index in [0.29, 0.717) is 11.3 Å². The molecule has 2 aromatic carbocycles. The van der Waals surface area contributed by atoms with E-state index in [1.54, 1.807) is 31.2 Å². The molecule has 6 heteroatoms. The van der Waals surface area contributed by atoms with E-state index in [2.05, 4.69) is 10.2 Å². The highest BCUT2D eigenvalue weighted by molar-refractivity contribution is 5.95. The van der Waals surface area contributed by atoms with Crippen molar-refractivity contribution in [1.82, 2.24) is 0 Å². The standard InChI is InChI=1S/C21H24N2O4/c1-15(24)17-3-9-20(10-4-17)27-16(2)21(25)22-18-5-7-19(8-6-18)23-11-13-26-14-12-23/h3-10,16H,11-14H2,1-2H3,(H,22,25)/t16-/m0/s1. The van der Waals surface area contributed by atoms with Gasteiger partial charge in [-0.2, -0.15) is 0 Å². The van der Waals surface area contributed by atoms with Crippen LogP contribution in [0.5, 0.6) is 5.75 Å². The fourth-order valence-corrected chi connectivity index (χ4v) is 2.85. The Labute approximate surface area is 159 Å². The Hall–Kier alpha value is -2.86. The lowest BCUT2D eigenvalue weighted by molar-refractivity contribution is -0.122. The first-order valence-corrected chi connectivity index (χ1v) is 9.04. The second-order valence-corrected chi connectivity index (χ2v) is 6.48. The number of nitrogens with zero attached hydrogens (tertiary/aromatic N) is 1. The number of ketones is 1. The molecule has 1 fully saturated rings. The molecule has 0 aliphatic carbocycles. The van der Waals surface area contributed by atoms with E-state index in [1.807, 2.05) is 24.3 Å². The average Bonchev–Trinajstić information content (AvgIpc) is 2.69. The summed E-state index contributed by atoms with van der Waals surface area (Å²) in [5.74, 6) is 0.308. The Bertz CT molecular complexity index is 781. The molecule has 1 saturated heterocycles. The Morgan fingerprint density at radius 3 is 2.26 bits per heavy atom. The molecule has 142 valence electrons. The minimum atomic E-state index is -0.660. The molecule has 0 saturated carbocycles. The highest BCUT2D eigenvalue weighted by atomic mass is 16.5. The van der Waals surface area contributed by atoms with Gasteiger partial charge in [-0.25, -0.2) is 0 Å². The molecule has 1 heterocycles. The maximum atomic E-state index is 12.4. The zero-order valence-electron chi connectivity index (χ0n) is 15.6. The van der Waals surface area contributed by atoms with Crippen molar-refractivity contribution in [3.8, 4) is 5.75 Å². The number of anilines is 2. The number of hydrogen-bond acceptors (Lipinski definition) is 5. The Morgan fingerprint density at radius 1 is 1.04 bits per heavy atom. The van der Waals surface area contributed by atoms with Crippen LogP contribution in [-0.2, 0) is 9.53 Å². The number of rotatable bonds is 6. The predicted octanol–water partition coefficient (Wildman–Crippen LogP) is 3.13. The quantitative estimate of drug-likeness (QED) is 0.794. The van der Waals surface area contributed by atoms with E-state index in [-0.39, 0.29) is 11.7 Å². The molecule has 0 radical (unpaired) electrons. The number of morpholine rings is 1. The van der Waals surface area contributed by atoms with Crippen LogP contribution in [0.4, 0.5) is 11.4 Å². The van der Waals surface area contributed by atoms with E-state index in [4.69, 9.17) is 9.47 Å². The van der Waals surface area contributed by atoms with Gasteiger partial charge in [-0.15, -0.1) is 0 Å². The Balaban J connectivity index is 1.55.